The molecule has 0 radical (unpaired) electrons. The molecule has 6 nitrogen and oxygen atoms in total. The van der Waals surface area contributed by atoms with Crippen molar-refractivity contribution in [1.29, 1.82) is 0 Å². The van der Waals surface area contributed by atoms with E-state index in [-0.39, 0.29) is 11.1 Å². The third-order valence-electron chi connectivity index (χ3n) is 3.86. The summed E-state index contributed by atoms with van der Waals surface area (Å²) in [5.41, 5.74) is 0.820. The van der Waals surface area contributed by atoms with Crippen LogP contribution in [0.3, 0.4) is 0 Å². The van der Waals surface area contributed by atoms with Crippen molar-refractivity contribution in [2.75, 3.05) is 7.11 Å². The van der Waals surface area contributed by atoms with Crippen LogP contribution >= 0.6 is 0 Å². The molecule has 2 aromatic carbocycles. The van der Waals surface area contributed by atoms with Gasteiger partial charge in [-0.3, -0.25) is 0 Å². The van der Waals surface area contributed by atoms with Gasteiger partial charge in [-0.2, -0.15) is 18.0 Å². The zero-order valence-corrected chi connectivity index (χ0v) is 15.0. The summed E-state index contributed by atoms with van der Waals surface area (Å²) in [6, 6.07) is 9.78. The average Bonchev–Trinajstić information content (AvgIpc) is 3.08. The quantitative estimate of drug-likeness (QED) is 0.370. The zero-order chi connectivity index (χ0) is 20.5. The molecular formula is C19H16F3N3O3. The Morgan fingerprint density at radius 2 is 1.86 bits per heavy atom. The van der Waals surface area contributed by atoms with E-state index in [9.17, 15) is 18.0 Å². The highest BCUT2D eigenvalue weighted by Crippen LogP contribution is 2.31. The molecule has 1 unspecified atom stereocenters. The minimum absolute atomic E-state index is 0.109. The molecule has 0 bridgehead atoms. The molecule has 0 N–H and O–H groups in total. The van der Waals surface area contributed by atoms with Gasteiger partial charge in [-0.15, -0.1) is 10.2 Å². The second kappa shape index (κ2) is 7.43. The molecule has 0 saturated carbocycles. The Labute approximate surface area is 158 Å². The van der Waals surface area contributed by atoms with E-state index in [4.69, 9.17) is 9.47 Å². The summed E-state index contributed by atoms with van der Waals surface area (Å²) in [5.74, 6) is -0.611. The predicted molar refractivity (Wildman–Crippen MR) is 94.5 cm³/mol. The Balaban J connectivity index is 1.95. The maximum atomic E-state index is 12.9. The van der Waals surface area contributed by atoms with Gasteiger partial charge in [0.1, 0.15) is 11.0 Å². The summed E-state index contributed by atoms with van der Waals surface area (Å²) in [6.45, 7) is 5.03. The fourth-order valence-corrected chi connectivity index (χ4v) is 2.45. The molecule has 1 aromatic heterocycles. The van der Waals surface area contributed by atoms with Gasteiger partial charge in [-0.25, -0.2) is 4.79 Å². The van der Waals surface area contributed by atoms with Gasteiger partial charge in [-0.05, 0) is 37.3 Å². The highest BCUT2D eigenvalue weighted by molar-refractivity contribution is 5.87. The van der Waals surface area contributed by atoms with Crippen LogP contribution in [0.4, 0.5) is 13.2 Å². The van der Waals surface area contributed by atoms with E-state index in [0.29, 0.717) is 16.8 Å². The van der Waals surface area contributed by atoms with E-state index in [1.54, 1.807) is 24.3 Å². The molecule has 28 heavy (non-hydrogen) atoms. The van der Waals surface area contributed by atoms with Crippen molar-refractivity contribution in [3.05, 3.63) is 65.7 Å². The van der Waals surface area contributed by atoms with E-state index in [2.05, 4.69) is 16.8 Å². The number of esters is 1. The number of carbonyl (C=O) groups is 1. The lowest BCUT2D eigenvalue weighted by Crippen LogP contribution is -2.14. The second-order valence-corrected chi connectivity index (χ2v) is 6.04. The summed E-state index contributed by atoms with van der Waals surface area (Å²) in [4.78, 5) is 13.0. The number of hydrogen-bond acceptors (Lipinski definition) is 5. The van der Waals surface area contributed by atoms with Crippen LogP contribution < -0.4 is 0 Å². The molecule has 146 valence electrons. The maximum absolute atomic E-state index is 12.9. The second-order valence-electron chi connectivity index (χ2n) is 6.04. The first-order valence-corrected chi connectivity index (χ1v) is 8.13. The predicted octanol–water partition coefficient (Wildman–Crippen LogP) is 4.20. The normalized spacial score (nSPS) is 12.8. The number of fused-ring (bicyclic) bond motifs is 1. The number of ether oxygens (including phenoxy) is 2. The van der Waals surface area contributed by atoms with Crippen LogP contribution in [0.5, 0.6) is 0 Å². The van der Waals surface area contributed by atoms with E-state index in [0.717, 1.165) is 12.1 Å². The highest BCUT2D eigenvalue weighted by Gasteiger charge is 2.31. The number of benzene rings is 2. The number of methoxy groups -OCH3 is 1. The Morgan fingerprint density at radius 1 is 1.14 bits per heavy atom. The number of carbonyl (C=O) groups excluding carboxylic acids is 1. The summed E-state index contributed by atoms with van der Waals surface area (Å²) < 4.78 is 49.0. The first-order chi connectivity index (χ1) is 13.2. The average molecular weight is 391 g/mol. The molecule has 3 rings (SSSR count). The summed E-state index contributed by atoms with van der Waals surface area (Å²) in [5, 5.41) is 8.31. The molecule has 1 atom stereocenters. The van der Waals surface area contributed by atoms with Crippen molar-refractivity contribution < 1.29 is 27.4 Å². The summed E-state index contributed by atoms with van der Waals surface area (Å²) in [7, 11) is 1.38. The van der Waals surface area contributed by atoms with Crippen molar-refractivity contribution in [2.45, 2.75) is 19.4 Å². The maximum Gasteiger partial charge on any atom is 0.416 e. The molecule has 0 aliphatic rings. The van der Waals surface area contributed by atoms with Gasteiger partial charge in [0.15, 0.2) is 0 Å². The Hall–Kier alpha value is -3.20. The van der Waals surface area contributed by atoms with Crippen LogP contribution in [0, 0.1) is 0 Å². The third-order valence-corrected chi connectivity index (χ3v) is 3.86. The lowest BCUT2D eigenvalue weighted by molar-refractivity contribution is -0.170. The number of halogens is 3. The third kappa shape index (κ3) is 4.04. The van der Waals surface area contributed by atoms with Crippen molar-refractivity contribution in [1.82, 2.24) is 15.0 Å². The zero-order valence-electron chi connectivity index (χ0n) is 15.0. The van der Waals surface area contributed by atoms with Crippen LogP contribution in [-0.2, 0) is 20.4 Å². The van der Waals surface area contributed by atoms with Crippen molar-refractivity contribution in [3.63, 3.8) is 0 Å². The van der Waals surface area contributed by atoms with Crippen molar-refractivity contribution in [3.8, 4) is 5.69 Å². The van der Waals surface area contributed by atoms with Gasteiger partial charge in [0.25, 0.3) is 0 Å². The molecule has 1 heterocycles. The lowest BCUT2D eigenvalue weighted by atomic mass is 10.2. The first-order valence-electron chi connectivity index (χ1n) is 8.13. The van der Waals surface area contributed by atoms with Crippen LogP contribution in [0.2, 0.25) is 0 Å². The SMILES string of the molecule is C=C(C)C(=O)OC(OC)c1cccc(-n2nc3ccc(C(F)(F)F)cc3n2)c1. The summed E-state index contributed by atoms with van der Waals surface area (Å²) in [6.07, 6.45) is -5.44. The topological polar surface area (TPSA) is 66.2 Å². The first kappa shape index (κ1) is 19.6. The fourth-order valence-electron chi connectivity index (χ4n) is 2.45. The monoisotopic (exact) mass is 391 g/mol. The van der Waals surface area contributed by atoms with Gasteiger partial charge in [0.05, 0.1) is 11.3 Å². The van der Waals surface area contributed by atoms with E-state index in [1.165, 1.54) is 24.9 Å². The molecular weight excluding hydrogens is 375 g/mol. The van der Waals surface area contributed by atoms with Crippen molar-refractivity contribution >= 4 is 17.0 Å². The molecule has 0 spiro atoms. The largest absolute Gasteiger partial charge is 0.428 e. The highest BCUT2D eigenvalue weighted by atomic mass is 19.4. The Bertz CT molecular complexity index is 1040. The van der Waals surface area contributed by atoms with Crippen LogP contribution in [0.1, 0.15) is 24.3 Å². The van der Waals surface area contributed by atoms with Gasteiger partial charge in [0, 0.05) is 18.2 Å². The molecule has 9 heteroatoms. The molecule has 0 fully saturated rings. The molecule has 3 aromatic rings. The van der Waals surface area contributed by atoms with Crippen molar-refractivity contribution in [2.24, 2.45) is 0 Å². The number of alkyl halides is 3. The smallest absolute Gasteiger partial charge is 0.416 e. The molecule has 0 aliphatic carbocycles. The van der Waals surface area contributed by atoms with E-state index in [1.807, 2.05) is 0 Å². The van der Waals surface area contributed by atoms with Gasteiger partial charge in [0.2, 0.25) is 6.29 Å². The summed E-state index contributed by atoms with van der Waals surface area (Å²) >= 11 is 0. The number of hydrogen-bond donors (Lipinski definition) is 0. The molecule has 0 amide bonds. The lowest BCUT2D eigenvalue weighted by Gasteiger charge is -2.17. The minimum atomic E-state index is -4.46. The Morgan fingerprint density at radius 3 is 2.50 bits per heavy atom. The molecule has 0 saturated heterocycles. The van der Waals surface area contributed by atoms with Crippen LogP contribution in [0.25, 0.3) is 16.7 Å². The minimum Gasteiger partial charge on any atom is -0.428 e. The number of rotatable bonds is 5. The van der Waals surface area contributed by atoms with Crippen LogP contribution in [-0.4, -0.2) is 28.1 Å². The number of nitrogens with zero attached hydrogens (tertiary/aromatic N) is 3. The van der Waals surface area contributed by atoms with Gasteiger partial charge in [-0.1, -0.05) is 18.7 Å². The van der Waals surface area contributed by atoms with E-state index < -0.39 is 24.0 Å². The van der Waals surface area contributed by atoms with Gasteiger partial charge < -0.3 is 9.47 Å². The standard InChI is InChI=1S/C19H16F3N3O3/c1-11(2)17(26)28-18(27-3)12-5-4-6-14(9-12)25-23-15-8-7-13(19(20,21)22)10-16(15)24-25/h4-10,18H,1H2,2-3H3. The Kier molecular flexibility index (Phi) is 5.19. The fraction of sp³-hybridized carbons (Fsp3) is 0.211. The molecule has 0 aliphatic heterocycles. The van der Waals surface area contributed by atoms with E-state index >= 15 is 0 Å². The van der Waals surface area contributed by atoms with Gasteiger partial charge >= 0.3 is 12.1 Å². The van der Waals surface area contributed by atoms with Crippen LogP contribution in [0.15, 0.2) is 54.6 Å². The number of aromatic nitrogens is 3.